The smallest absolute Gasteiger partial charge is 0.205 e. The molecule has 0 spiro atoms. The maximum atomic E-state index is 12.1. The summed E-state index contributed by atoms with van der Waals surface area (Å²) in [4.78, 5) is 0.728. The summed E-state index contributed by atoms with van der Waals surface area (Å²) in [6, 6.07) is 5.16. The van der Waals surface area contributed by atoms with Crippen molar-refractivity contribution in [2.24, 2.45) is 0 Å². The highest BCUT2D eigenvalue weighted by Crippen LogP contribution is 2.38. The summed E-state index contributed by atoms with van der Waals surface area (Å²) in [5.41, 5.74) is 0.708. The maximum Gasteiger partial charge on any atom is 0.205 e. The van der Waals surface area contributed by atoms with Gasteiger partial charge in [0.05, 0.1) is 14.8 Å². The van der Waals surface area contributed by atoms with E-state index in [9.17, 15) is 8.42 Å². The Kier molecular flexibility index (Phi) is 3.33. The van der Waals surface area contributed by atoms with Gasteiger partial charge < -0.3 is 0 Å². The summed E-state index contributed by atoms with van der Waals surface area (Å²) < 4.78 is 24.3. The first-order valence-corrected chi connectivity index (χ1v) is 7.91. The van der Waals surface area contributed by atoms with Gasteiger partial charge >= 0.3 is 0 Å². The highest BCUT2D eigenvalue weighted by molar-refractivity contribution is 8.02. The molecule has 0 aromatic heterocycles. The molecule has 16 heavy (non-hydrogen) atoms. The van der Waals surface area contributed by atoms with Crippen molar-refractivity contribution in [2.75, 3.05) is 11.5 Å². The molecule has 1 aliphatic rings. The molecule has 0 saturated carbocycles. The van der Waals surface area contributed by atoms with Gasteiger partial charge in [-0.1, -0.05) is 30.7 Å². The molecule has 86 valence electrons. The normalized spacial score (nSPS) is 17.0. The Hall–Kier alpha value is -0.450. The fraction of sp³-hybridized carbons (Fsp3) is 0.273. The quantitative estimate of drug-likeness (QED) is 0.849. The lowest BCUT2D eigenvalue weighted by Crippen LogP contribution is -2.03. The number of rotatable bonds is 3. The largest absolute Gasteiger partial charge is 0.219 e. The second kappa shape index (κ2) is 4.43. The summed E-state index contributed by atoms with van der Waals surface area (Å²) in [5.74, 6) is 1.42. The minimum atomic E-state index is -3.34. The van der Waals surface area contributed by atoms with E-state index in [4.69, 9.17) is 11.6 Å². The van der Waals surface area contributed by atoms with E-state index in [1.54, 1.807) is 36.0 Å². The van der Waals surface area contributed by atoms with Crippen molar-refractivity contribution in [1.82, 2.24) is 0 Å². The van der Waals surface area contributed by atoms with E-state index >= 15 is 0 Å². The maximum absolute atomic E-state index is 12.1. The lowest BCUT2D eigenvalue weighted by molar-refractivity contribution is 0.603. The number of sulfone groups is 1. The van der Waals surface area contributed by atoms with Gasteiger partial charge in [-0.3, -0.25) is 0 Å². The third kappa shape index (κ3) is 1.90. The number of benzene rings is 1. The molecule has 1 heterocycles. The fourth-order valence-electron chi connectivity index (χ4n) is 1.63. The van der Waals surface area contributed by atoms with Gasteiger partial charge in [-0.05, 0) is 23.5 Å². The molecule has 0 aliphatic carbocycles. The Morgan fingerprint density at radius 3 is 2.75 bits per heavy atom. The number of hydrogen-bond donors (Lipinski definition) is 0. The third-order valence-electron chi connectivity index (χ3n) is 2.38. The zero-order valence-corrected chi connectivity index (χ0v) is 11.1. The molecule has 0 bridgehead atoms. The van der Waals surface area contributed by atoms with Crippen LogP contribution in [0.25, 0.3) is 6.08 Å². The summed E-state index contributed by atoms with van der Waals surface area (Å²) in [6.45, 7) is 2.01. The van der Waals surface area contributed by atoms with Gasteiger partial charge in [0.2, 0.25) is 9.84 Å². The standard InChI is InChI=1S/C11H11ClO2S2/c1-2-15-7-9-6-8-4-3-5-10(12)11(8)16(9,13)14/h3-6H,2,7H2,1H3. The van der Waals surface area contributed by atoms with Crippen molar-refractivity contribution in [3.8, 4) is 0 Å². The van der Waals surface area contributed by atoms with Crippen LogP contribution in [0.2, 0.25) is 5.02 Å². The monoisotopic (exact) mass is 274 g/mol. The Morgan fingerprint density at radius 1 is 1.38 bits per heavy atom. The number of hydrogen-bond acceptors (Lipinski definition) is 3. The van der Waals surface area contributed by atoms with Crippen LogP contribution in [0.5, 0.6) is 0 Å². The van der Waals surface area contributed by atoms with Gasteiger partial charge in [0.15, 0.2) is 0 Å². The molecular formula is C11H11ClO2S2. The first-order chi connectivity index (χ1) is 7.57. The summed E-state index contributed by atoms with van der Waals surface area (Å²) in [6.07, 6.45) is 1.72. The molecule has 2 nitrogen and oxygen atoms in total. The predicted octanol–water partition coefficient (Wildman–Crippen LogP) is 3.22. The van der Waals surface area contributed by atoms with Crippen LogP contribution in [-0.2, 0) is 9.84 Å². The van der Waals surface area contributed by atoms with Crippen LogP contribution in [0.1, 0.15) is 12.5 Å². The lowest BCUT2D eigenvalue weighted by atomic mass is 10.2. The number of thioether (sulfide) groups is 1. The molecule has 0 radical (unpaired) electrons. The van der Waals surface area contributed by atoms with Crippen LogP contribution in [0.4, 0.5) is 0 Å². The Balaban J connectivity index is 2.48. The predicted molar refractivity (Wildman–Crippen MR) is 69.6 cm³/mol. The number of halogens is 1. The molecule has 1 aromatic carbocycles. The van der Waals surface area contributed by atoms with E-state index in [-0.39, 0.29) is 4.90 Å². The summed E-state index contributed by atoms with van der Waals surface area (Å²) in [7, 11) is -3.34. The van der Waals surface area contributed by atoms with Crippen molar-refractivity contribution < 1.29 is 8.42 Å². The van der Waals surface area contributed by atoms with E-state index in [0.717, 1.165) is 5.75 Å². The average molecular weight is 275 g/mol. The van der Waals surface area contributed by atoms with Crippen molar-refractivity contribution in [1.29, 1.82) is 0 Å². The van der Waals surface area contributed by atoms with Crippen molar-refractivity contribution in [3.63, 3.8) is 0 Å². The molecule has 1 aromatic rings. The molecule has 0 unspecified atom stereocenters. The Morgan fingerprint density at radius 2 is 2.12 bits per heavy atom. The molecule has 0 N–H and O–H groups in total. The van der Waals surface area contributed by atoms with Gasteiger partial charge in [0.1, 0.15) is 0 Å². The SMILES string of the molecule is CCSCC1=Cc2cccc(Cl)c2S1(=O)=O. The lowest BCUT2D eigenvalue weighted by Gasteiger charge is -2.04. The van der Waals surface area contributed by atoms with Crippen LogP contribution in [0.3, 0.4) is 0 Å². The van der Waals surface area contributed by atoms with Gasteiger partial charge in [-0.15, -0.1) is 0 Å². The molecule has 0 atom stereocenters. The molecule has 2 rings (SSSR count). The van der Waals surface area contributed by atoms with E-state index in [1.165, 1.54) is 0 Å². The second-order valence-electron chi connectivity index (χ2n) is 3.41. The summed E-state index contributed by atoms with van der Waals surface area (Å²) >= 11 is 7.53. The first-order valence-electron chi connectivity index (χ1n) is 4.89. The topological polar surface area (TPSA) is 34.1 Å². The van der Waals surface area contributed by atoms with Gasteiger partial charge in [0, 0.05) is 5.75 Å². The Bertz CT molecular complexity index is 547. The molecular weight excluding hydrogens is 264 g/mol. The Labute approximate surface area is 105 Å². The van der Waals surface area contributed by atoms with Gasteiger partial charge in [0.25, 0.3) is 0 Å². The third-order valence-corrected chi connectivity index (χ3v) is 5.86. The molecule has 1 aliphatic heterocycles. The van der Waals surface area contributed by atoms with E-state index in [2.05, 4.69) is 0 Å². The first kappa shape index (κ1) is 12.0. The van der Waals surface area contributed by atoms with Crippen LogP contribution < -0.4 is 0 Å². The highest BCUT2D eigenvalue weighted by Gasteiger charge is 2.31. The van der Waals surface area contributed by atoms with E-state index in [1.807, 2.05) is 6.92 Å². The minimum Gasteiger partial charge on any atom is -0.219 e. The average Bonchev–Trinajstić information content (AvgIpc) is 2.48. The van der Waals surface area contributed by atoms with Crippen LogP contribution in [0, 0.1) is 0 Å². The van der Waals surface area contributed by atoms with E-state index in [0.29, 0.717) is 21.2 Å². The van der Waals surface area contributed by atoms with Crippen molar-refractivity contribution >= 4 is 39.3 Å². The molecule has 0 fully saturated rings. The second-order valence-corrected chi connectivity index (χ2v) is 7.03. The highest BCUT2D eigenvalue weighted by atomic mass is 35.5. The zero-order chi connectivity index (χ0) is 11.8. The molecule has 0 amide bonds. The van der Waals surface area contributed by atoms with Crippen LogP contribution in [-0.4, -0.2) is 19.9 Å². The fourth-order valence-corrected chi connectivity index (χ4v) is 4.78. The van der Waals surface area contributed by atoms with Gasteiger partial charge in [-0.2, -0.15) is 11.8 Å². The van der Waals surface area contributed by atoms with Crippen molar-refractivity contribution in [2.45, 2.75) is 11.8 Å². The van der Waals surface area contributed by atoms with Crippen LogP contribution >= 0.6 is 23.4 Å². The van der Waals surface area contributed by atoms with E-state index < -0.39 is 9.84 Å². The molecule has 0 saturated heterocycles. The molecule has 5 heteroatoms. The summed E-state index contributed by atoms with van der Waals surface area (Å²) in [5, 5.41) is 0.310. The zero-order valence-electron chi connectivity index (χ0n) is 8.73. The van der Waals surface area contributed by atoms with Crippen molar-refractivity contribution in [3.05, 3.63) is 33.7 Å². The minimum absolute atomic E-state index is 0.267. The van der Waals surface area contributed by atoms with Gasteiger partial charge in [-0.25, -0.2) is 8.42 Å². The van der Waals surface area contributed by atoms with Crippen LogP contribution in [0.15, 0.2) is 28.0 Å². The number of fused-ring (bicyclic) bond motifs is 1.